The highest BCUT2D eigenvalue weighted by Crippen LogP contribution is 2.76. The molecule has 8 unspecified atom stereocenters. The Morgan fingerprint density at radius 3 is 1.06 bits per heavy atom. The van der Waals surface area contributed by atoms with Gasteiger partial charge in [0.2, 0.25) is 0 Å². The van der Waals surface area contributed by atoms with Crippen LogP contribution in [0.5, 0.6) is 0 Å². The normalized spacial score (nSPS) is 27.0. The van der Waals surface area contributed by atoms with Crippen LogP contribution in [0, 0.1) is 34.5 Å². The van der Waals surface area contributed by atoms with Gasteiger partial charge in [0.1, 0.15) is 0 Å². The molecule has 0 saturated heterocycles. The van der Waals surface area contributed by atoms with Crippen molar-refractivity contribution in [3.63, 3.8) is 0 Å². The Morgan fingerprint density at radius 2 is 0.657 bits per heavy atom. The first-order chi connectivity index (χ1) is 34.6. The molecule has 0 bridgehead atoms. The van der Waals surface area contributed by atoms with Gasteiger partial charge in [0.25, 0.3) is 0 Å². The molecular formula is C68H58N2. The van der Waals surface area contributed by atoms with Crippen molar-refractivity contribution in [3.8, 4) is 0 Å². The first-order valence-electron chi connectivity index (χ1n) is 26.8. The number of fused-ring (bicyclic) bond motifs is 11. The fourth-order valence-corrected chi connectivity index (χ4v) is 16.9. The third kappa shape index (κ3) is 5.46. The Hall–Kier alpha value is -6.90. The summed E-state index contributed by atoms with van der Waals surface area (Å²) < 4.78 is 0. The zero-order valence-electron chi connectivity index (χ0n) is 39.9. The summed E-state index contributed by atoms with van der Waals surface area (Å²) in [6.45, 7) is 0. The highest BCUT2D eigenvalue weighted by atomic mass is 15.1. The van der Waals surface area contributed by atoms with Crippen LogP contribution in [0.4, 0.5) is 34.1 Å². The fourth-order valence-electron chi connectivity index (χ4n) is 16.9. The van der Waals surface area contributed by atoms with Crippen molar-refractivity contribution < 1.29 is 0 Å². The molecule has 0 radical (unpaired) electrons. The summed E-state index contributed by atoms with van der Waals surface area (Å²) in [5, 5.41) is 13.0. The van der Waals surface area contributed by atoms with Gasteiger partial charge in [0.05, 0.1) is 0 Å². The number of para-hydroxylation sites is 2. The minimum absolute atomic E-state index is 0.697. The molecule has 10 aromatic carbocycles. The number of rotatable bonds is 8. The second-order valence-corrected chi connectivity index (χ2v) is 22.8. The van der Waals surface area contributed by atoms with Crippen LogP contribution in [0.25, 0.3) is 53.9 Å². The second-order valence-electron chi connectivity index (χ2n) is 22.8. The van der Waals surface area contributed by atoms with Gasteiger partial charge in [-0.25, -0.2) is 0 Å². The Morgan fingerprint density at radius 1 is 0.300 bits per heavy atom. The van der Waals surface area contributed by atoms with Gasteiger partial charge in [-0.1, -0.05) is 121 Å². The van der Waals surface area contributed by atoms with E-state index in [1.54, 1.807) is 11.1 Å². The van der Waals surface area contributed by atoms with Gasteiger partial charge in [-0.15, -0.1) is 0 Å². The predicted molar refractivity (Wildman–Crippen MR) is 294 cm³/mol. The molecule has 2 spiro atoms. The van der Waals surface area contributed by atoms with E-state index in [2.05, 4.69) is 204 Å². The monoisotopic (exact) mass is 902 g/mol. The van der Waals surface area contributed by atoms with Crippen molar-refractivity contribution in [2.24, 2.45) is 34.5 Å². The summed E-state index contributed by atoms with van der Waals surface area (Å²) >= 11 is 0. The standard InChI is InChI=1S/C68H58N2/c1-3-11-47(12-4-1)69(49-25-19-43(20-26-49)61-41-67-37-35-45(67)23-33-63(61)67)51-29-31-57-59(39-51)53-15-7-9-17-55(53)66-58-32-30-52(40-60(58)54-16-8-10-18-56(54)65(57)66)70(48-13-5-2-6-14-48)50-27-21-44(22-28-50)62-42-68-38-36-46(68)24-34-64(62)68/h1-22,25-32,39-40,45-46,61-64H,23-24,33-38,41-42H2. The molecule has 6 fully saturated rings. The first-order valence-corrected chi connectivity index (χ1v) is 26.8. The van der Waals surface area contributed by atoms with E-state index in [0.29, 0.717) is 10.8 Å². The summed E-state index contributed by atoms with van der Waals surface area (Å²) in [5.74, 6) is 5.30. The van der Waals surface area contributed by atoms with Gasteiger partial charge in [-0.3, -0.25) is 0 Å². The lowest BCUT2D eigenvalue weighted by Crippen LogP contribution is -2.52. The van der Waals surface area contributed by atoms with E-state index in [9.17, 15) is 0 Å². The van der Waals surface area contributed by atoms with E-state index in [0.717, 1.165) is 35.5 Å². The van der Waals surface area contributed by atoms with Gasteiger partial charge >= 0.3 is 0 Å². The number of anilines is 6. The highest BCUT2D eigenvalue weighted by Gasteiger charge is 2.66. The van der Waals surface area contributed by atoms with Gasteiger partial charge in [-0.05, 0) is 248 Å². The number of nitrogens with zero attached hydrogens (tertiary/aromatic N) is 2. The minimum Gasteiger partial charge on any atom is -0.310 e. The molecule has 70 heavy (non-hydrogen) atoms. The summed E-state index contributed by atoms with van der Waals surface area (Å²) in [6, 6.07) is 74.2. The van der Waals surface area contributed by atoms with Crippen molar-refractivity contribution in [2.75, 3.05) is 9.80 Å². The summed E-state index contributed by atoms with van der Waals surface area (Å²) in [7, 11) is 0. The van der Waals surface area contributed by atoms with Crippen LogP contribution in [0.2, 0.25) is 0 Å². The van der Waals surface area contributed by atoms with Crippen LogP contribution >= 0.6 is 0 Å². The minimum atomic E-state index is 0.697. The van der Waals surface area contributed by atoms with Crippen LogP contribution in [-0.4, -0.2) is 0 Å². The van der Waals surface area contributed by atoms with E-state index in [-0.39, 0.29) is 0 Å². The first kappa shape index (κ1) is 39.9. The number of hydrogen-bond donors (Lipinski definition) is 0. The molecule has 0 N–H and O–H groups in total. The lowest BCUT2D eigenvalue weighted by Gasteiger charge is -2.61. The average molecular weight is 903 g/mol. The maximum atomic E-state index is 2.47. The zero-order chi connectivity index (χ0) is 45.7. The van der Waals surface area contributed by atoms with Crippen molar-refractivity contribution in [1.82, 2.24) is 0 Å². The second kappa shape index (κ2) is 14.8. The van der Waals surface area contributed by atoms with Crippen molar-refractivity contribution in [1.29, 1.82) is 0 Å². The Bertz CT molecular complexity index is 3480. The van der Waals surface area contributed by atoms with Gasteiger partial charge in [0, 0.05) is 34.1 Å². The van der Waals surface area contributed by atoms with E-state index >= 15 is 0 Å². The average Bonchev–Trinajstić information content (AvgIpc) is 3.70. The summed E-state index contributed by atoms with van der Waals surface area (Å²) in [6.07, 6.45) is 14.5. The zero-order valence-corrected chi connectivity index (χ0v) is 39.9. The van der Waals surface area contributed by atoms with E-state index < -0.39 is 0 Å². The number of benzene rings is 10. The summed E-state index contributed by atoms with van der Waals surface area (Å²) in [4.78, 5) is 4.94. The number of hydrogen-bond acceptors (Lipinski definition) is 2. The van der Waals surface area contributed by atoms with Gasteiger partial charge < -0.3 is 9.80 Å². The largest absolute Gasteiger partial charge is 0.310 e. The molecule has 0 aromatic heterocycles. The molecule has 6 aliphatic carbocycles. The topological polar surface area (TPSA) is 6.48 Å². The smallest absolute Gasteiger partial charge is 0.0468 e. The van der Waals surface area contributed by atoms with Crippen molar-refractivity contribution in [2.45, 2.75) is 76.0 Å². The van der Waals surface area contributed by atoms with E-state index in [1.165, 1.54) is 152 Å². The maximum absolute atomic E-state index is 2.47. The van der Waals surface area contributed by atoms with Crippen LogP contribution in [0.3, 0.4) is 0 Å². The van der Waals surface area contributed by atoms with Crippen LogP contribution in [-0.2, 0) is 0 Å². The molecule has 2 heteroatoms. The maximum Gasteiger partial charge on any atom is 0.0468 e. The Balaban J connectivity index is 0.827. The quantitative estimate of drug-likeness (QED) is 0.140. The molecule has 340 valence electrons. The van der Waals surface area contributed by atoms with Gasteiger partial charge in [-0.2, -0.15) is 0 Å². The Kier molecular flexibility index (Phi) is 8.44. The van der Waals surface area contributed by atoms with Crippen LogP contribution in [0.15, 0.2) is 194 Å². The SMILES string of the molecule is c1ccc(N(c2ccc(C3CC45CCC4CCC35)cc2)c2ccc3c(c2)c2ccccc2c2c4ccc(N(c5ccccc5)c5ccc(C6CC78CCC7CCC68)cc5)cc4c4ccccc4c32)cc1. The van der Waals surface area contributed by atoms with Crippen LogP contribution < -0.4 is 9.80 Å². The molecule has 16 rings (SSSR count). The molecule has 0 heterocycles. The molecule has 0 amide bonds. The van der Waals surface area contributed by atoms with Gasteiger partial charge in [0.15, 0.2) is 0 Å². The van der Waals surface area contributed by atoms with E-state index in [1.807, 2.05) is 0 Å². The lowest BCUT2D eigenvalue weighted by molar-refractivity contribution is -0.0835. The molecule has 6 saturated carbocycles. The fraction of sp³-hybridized carbons (Fsp3) is 0.265. The molecule has 6 aliphatic rings. The molecular weight excluding hydrogens is 845 g/mol. The summed E-state index contributed by atoms with van der Waals surface area (Å²) in [5.41, 5.74) is 11.6. The van der Waals surface area contributed by atoms with Crippen molar-refractivity contribution in [3.05, 3.63) is 205 Å². The predicted octanol–water partition coefficient (Wildman–Crippen LogP) is 19.0. The molecule has 10 aromatic rings. The third-order valence-corrected chi connectivity index (χ3v) is 20.3. The van der Waals surface area contributed by atoms with Crippen LogP contribution in [0.1, 0.15) is 87.2 Å². The highest BCUT2D eigenvalue weighted by molar-refractivity contribution is 6.39. The molecule has 8 atom stereocenters. The molecule has 0 aliphatic heterocycles. The Labute approximate surface area is 411 Å². The van der Waals surface area contributed by atoms with E-state index in [4.69, 9.17) is 0 Å². The van der Waals surface area contributed by atoms with Crippen molar-refractivity contribution >= 4 is 88.0 Å². The lowest BCUT2D eigenvalue weighted by atomic mass is 9.44. The molecule has 2 nitrogen and oxygen atoms in total. The third-order valence-electron chi connectivity index (χ3n) is 20.3.